The molecule has 31 heavy (non-hydrogen) atoms. The van der Waals surface area contributed by atoms with E-state index in [9.17, 15) is 9.90 Å². The van der Waals surface area contributed by atoms with Gasteiger partial charge in [0.05, 0.1) is 17.3 Å². The van der Waals surface area contributed by atoms with Crippen LogP contribution in [0.4, 0.5) is 0 Å². The molecule has 3 aromatic rings. The van der Waals surface area contributed by atoms with Crippen molar-refractivity contribution in [3.63, 3.8) is 0 Å². The molecule has 160 valence electrons. The number of nitrogens with zero attached hydrogens (tertiary/aromatic N) is 3. The smallest absolute Gasteiger partial charge is 0.352 e. The summed E-state index contributed by atoms with van der Waals surface area (Å²) in [4.78, 5) is 25.8. The molecule has 1 saturated heterocycles. The molecule has 1 aliphatic heterocycles. The summed E-state index contributed by atoms with van der Waals surface area (Å²) in [6, 6.07) is 15.7. The van der Waals surface area contributed by atoms with Gasteiger partial charge in [-0.2, -0.15) is 0 Å². The van der Waals surface area contributed by atoms with Crippen molar-refractivity contribution in [1.82, 2.24) is 15.0 Å². The van der Waals surface area contributed by atoms with Crippen LogP contribution in [-0.4, -0.2) is 32.3 Å². The van der Waals surface area contributed by atoms with Crippen LogP contribution in [0.3, 0.4) is 0 Å². The van der Waals surface area contributed by atoms with Gasteiger partial charge in [-0.25, -0.2) is 14.8 Å². The molecule has 3 heterocycles. The molecule has 3 atom stereocenters. The average molecular weight is 419 g/mol. The van der Waals surface area contributed by atoms with E-state index in [1.807, 2.05) is 48.5 Å². The van der Waals surface area contributed by atoms with Crippen LogP contribution in [0.1, 0.15) is 49.4 Å². The Labute approximate surface area is 180 Å². The number of fused-ring (bicyclic) bond motifs is 1. The molecule has 2 fully saturated rings. The van der Waals surface area contributed by atoms with Crippen molar-refractivity contribution in [3.05, 3.63) is 66.0 Å². The fraction of sp³-hybridized carbons (Fsp3) is 0.375. The minimum absolute atomic E-state index is 0.0925. The molecule has 5 rings (SSSR count). The molecular formula is C24H25N3O4. The van der Waals surface area contributed by atoms with E-state index in [1.54, 1.807) is 11.3 Å². The zero-order chi connectivity index (χ0) is 21.2. The summed E-state index contributed by atoms with van der Waals surface area (Å²) in [5.41, 5.74) is 2.74. The first-order valence-corrected chi connectivity index (χ1v) is 10.8. The summed E-state index contributed by atoms with van der Waals surface area (Å²) in [5, 5.41) is 12.0. The predicted molar refractivity (Wildman–Crippen MR) is 114 cm³/mol. The Morgan fingerprint density at radius 1 is 1.13 bits per heavy atom. The first-order valence-electron chi connectivity index (χ1n) is 10.8. The third-order valence-corrected chi connectivity index (χ3v) is 6.11. The lowest BCUT2D eigenvalue weighted by Gasteiger charge is -2.29. The predicted octanol–water partition coefficient (Wildman–Crippen LogP) is 4.49. The fourth-order valence-corrected chi connectivity index (χ4v) is 4.52. The zero-order valence-electron chi connectivity index (χ0n) is 17.2. The third-order valence-electron chi connectivity index (χ3n) is 6.11. The van der Waals surface area contributed by atoms with E-state index in [0.717, 1.165) is 35.0 Å². The maximum atomic E-state index is 11.3. The molecule has 0 radical (unpaired) electrons. The van der Waals surface area contributed by atoms with Crippen LogP contribution in [0, 0.1) is 5.92 Å². The molecule has 1 aliphatic carbocycles. The number of aliphatic carboxylic acids is 1. The molecule has 3 unspecified atom stereocenters. The average Bonchev–Trinajstić information content (AvgIpc) is 3.60. The highest BCUT2D eigenvalue weighted by molar-refractivity contribution is 5.78. The molecular weight excluding hydrogens is 394 g/mol. The highest BCUT2D eigenvalue weighted by Gasteiger charge is 2.51. The van der Waals surface area contributed by atoms with E-state index in [4.69, 9.17) is 9.57 Å². The third kappa shape index (κ3) is 4.38. The second-order valence-corrected chi connectivity index (χ2v) is 8.21. The van der Waals surface area contributed by atoms with Gasteiger partial charge in [0, 0.05) is 17.6 Å². The van der Waals surface area contributed by atoms with E-state index in [0.29, 0.717) is 18.4 Å². The summed E-state index contributed by atoms with van der Waals surface area (Å²) in [6.07, 6.45) is 6.64. The largest absolute Gasteiger partial charge is 0.478 e. The second kappa shape index (κ2) is 8.61. The number of hydroxylamine groups is 2. The van der Waals surface area contributed by atoms with E-state index in [-0.39, 0.29) is 6.04 Å². The van der Waals surface area contributed by atoms with Crippen LogP contribution in [-0.2, 0) is 16.2 Å². The minimum Gasteiger partial charge on any atom is -0.478 e. The maximum Gasteiger partial charge on any atom is 0.352 e. The van der Waals surface area contributed by atoms with E-state index >= 15 is 0 Å². The van der Waals surface area contributed by atoms with Crippen molar-refractivity contribution in [1.29, 1.82) is 0 Å². The van der Waals surface area contributed by atoms with Gasteiger partial charge in [-0.1, -0.05) is 49.6 Å². The minimum atomic E-state index is -0.948. The van der Waals surface area contributed by atoms with Crippen molar-refractivity contribution in [2.45, 2.75) is 51.0 Å². The molecule has 0 bridgehead atoms. The van der Waals surface area contributed by atoms with Crippen LogP contribution >= 0.6 is 0 Å². The lowest BCUT2D eigenvalue weighted by atomic mass is 9.81. The van der Waals surface area contributed by atoms with Gasteiger partial charge in [-0.05, 0) is 36.5 Å². The fourth-order valence-electron chi connectivity index (χ4n) is 4.52. The number of aromatic nitrogens is 2. The van der Waals surface area contributed by atoms with Crippen LogP contribution in [0.15, 0.2) is 54.7 Å². The molecule has 2 aliphatic rings. The molecule has 0 spiro atoms. The van der Waals surface area contributed by atoms with Gasteiger partial charge < -0.3 is 9.84 Å². The molecule has 7 heteroatoms. The van der Waals surface area contributed by atoms with Crippen molar-refractivity contribution in [2.75, 3.05) is 0 Å². The van der Waals surface area contributed by atoms with E-state index in [1.165, 1.54) is 19.3 Å². The van der Waals surface area contributed by atoms with Crippen LogP contribution < -0.4 is 4.74 Å². The first kappa shape index (κ1) is 19.9. The Bertz CT molecular complexity index is 1070. The van der Waals surface area contributed by atoms with Crippen LogP contribution in [0.5, 0.6) is 5.88 Å². The Morgan fingerprint density at radius 3 is 2.71 bits per heavy atom. The molecule has 1 aromatic carbocycles. The zero-order valence-corrected chi connectivity index (χ0v) is 17.2. The van der Waals surface area contributed by atoms with Crippen molar-refractivity contribution < 1.29 is 19.5 Å². The number of pyridine rings is 2. The van der Waals surface area contributed by atoms with Crippen molar-refractivity contribution >= 4 is 16.9 Å². The summed E-state index contributed by atoms with van der Waals surface area (Å²) in [6.45, 7) is 0.333. The topological polar surface area (TPSA) is 87.8 Å². The number of benzene rings is 1. The monoisotopic (exact) mass is 419 g/mol. The van der Waals surface area contributed by atoms with Gasteiger partial charge in [-0.15, -0.1) is 5.06 Å². The first-order chi connectivity index (χ1) is 15.2. The van der Waals surface area contributed by atoms with Gasteiger partial charge in [0.2, 0.25) is 5.88 Å². The number of para-hydroxylation sites is 1. The van der Waals surface area contributed by atoms with Crippen molar-refractivity contribution in [3.8, 4) is 5.88 Å². The molecule has 2 aromatic heterocycles. The van der Waals surface area contributed by atoms with Gasteiger partial charge in [-0.3, -0.25) is 4.84 Å². The molecule has 1 N–H and O–H groups in total. The van der Waals surface area contributed by atoms with Crippen LogP contribution in [0.2, 0.25) is 0 Å². The maximum absolute atomic E-state index is 11.3. The highest BCUT2D eigenvalue weighted by atomic mass is 16.8. The normalized spacial score (nSPS) is 22.2. The summed E-state index contributed by atoms with van der Waals surface area (Å²) < 4.78 is 5.84. The van der Waals surface area contributed by atoms with Gasteiger partial charge in [0.25, 0.3) is 6.23 Å². The summed E-state index contributed by atoms with van der Waals surface area (Å²) in [7, 11) is 0. The van der Waals surface area contributed by atoms with Crippen molar-refractivity contribution in [2.24, 2.45) is 5.92 Å². The number of carboxylic acid groups (broad SMARTS) is 1. The van der Waals surface area contributed by atoms with Gasteiger partial charge in [0.1, 0.15) is 6.61 Å². The van der Waals surface area contributed by atoms with Crippen LogP contribution in [0.25, 0.3) is 10.9 Å². The quantitative estimate of drug-likeness (QED) is 0.565. The molecule has 1 saturated carbocycles. The lowest BCUT2D eigenvalue weighted by molar-refractivity contribution is -0.138. The Morgan fingerprint density at radius 2 is 1.97 bits per heavy atom. The molecule has 0 amide bonds. The summed E-state index contributed by atoms with van der Waals surface area (Å²) in [5.74, 6) is -0.0623. The number of hydrogen-bond donors (Lipinski definition) is 1. The standard InChI is InChI=1S/C24H25N3O4/c28-24(29)23-27(31-23)22(17-7-2-1-3-8-17)18-11-13-21(25-14-18)30-15-19-12-10-16-6-4-5-9-20(16)26-19/h4-6,9-14,17,22-23H,1-3,7-8,15H2,(H,28,29). The Hall–Kier alpha value is -3.03. The van der Waals surface area contributed by atoms with Gasteiger partial charge in [0.15, 0.2) is 0 Å². The van der Waals surface area contributed by atoms with E-state index < -0.39 is 12.2 Å². The lowest BCUT2D eigenvalue weighted by Crippen LogP contribution is -2.26. The highest BCUT2D eigenvalue weighted by Crippen LogP contribution is 2.44. The van der Waals surface area contributed by atoms with E-state index in [2.05, 4.69) is 9.97 Å². The second-order valence-electron chi connectivity index (χ2n) is 8.21. The Kier molecular flexibility index (Phi) is 5.53. The van der Waals surface area contributed by atoms with Gasteiger partial charge >= 0.3 is 5.97 Å². The summed E-state index contributed by atoms with van der Waals surface area (Å²) >= 11 is 0. The number of carbonyl (C=O) groups is 1. The number of carboxylic acids is 1. The number of rotatable bonds is 7. The Balaban J connectivity index is 1.28. The molecule has 7 nitrogen and oxygen atoms in total. The SMILES string of the molecule is O=C(O)C1ON1C(c1ccc(OCc2ccc3ccccc3n2)nc1)C1CCCCC1. The number of hydrogen-bond acceptors (Lipinski definition) is 6. The number of ether oxygens (including phenoxy) is 1.